The number of ether oxygens (including phenoxy) is 1. The zero-order valence-corrected chi connectivity index (χ0v) is 16.4. The number of benzene rings is 1. The number of pyridine rings is 1. The van der Waals surface area contributed by atoms with Crippen LogP contribution < -0.4 is 10.3 Å². The Balaban J connectivity index is 1.41. The average Bonchev–Trinajstić information content (AvgIpc) is 3.42. The van der Waals surface area contributed by atoms with E-state index < -0.39 is 10.0 Å². The molecule has 0 radical (unpaired) electrons. The average molecular weight is 388 g/mol. The van der Waals surface area contributed by atoms with Crippen LogP contribution in [-0.4, -0.2) is 36.5 Å². The fraction of sp³-hybridized carbons (Fsp3) is 0.450. The molecule has 1 aromatic heterocycles. The van der Waals surface area contributed by atoms with Gasteiger partial charge < -0.3 is 9.30 Å². The molecular weight excluding hydrogens is 364 g/mol. The minimum Gasteiger partial charge on any atom is -0.487 e. The molecule has 2 heterocycles. The van der Waals surface area contributed by atoms with Gasteiger partial charge in [-0.15, -0.1) is 0 Å². The monoisotopic (exact) mass is 388 g/mol. The summed E-state index contributed by atoms with van der Waals surface area (Å²) in [4.78, 5) is 12.6. The molecule has 1 aliphatic heterocycles. The van der Waals surface area contributed by atoms with Gasteiger partial charge in [-0.05, 0) is 49.9 Å². The van der Waals surface area contributed by atoms with Gasteiger partial charge in [0.1, 0.15) is 11.9 Å². The van der Waals surface area contributed by atoms with Crippen LogP contribution in [0.5, 0.6) is 5.75 Å². The van der Waals surface area contributed by atoms with Gasteiger partial charge in [-0.1, -0.05) is 19.1 Å². The predicted octanol–water partition coefficient (Wildman–Crippen LogP) is 2.51. The molecule has 1 saturated heterocycles. The zero-order chi connectivity index (χ0) is 19.2. The molecule has 0 spiro atoms. The summed E-state index contributed by atoms with van der Waals surface area (Å²) in [7, 11) is -3.49. The molecule has 1 saturated carbocycles. The number of aromatic nitrogens is 1. The highest BCUT2D eigenvalue weighted by Gasteiger charge is 2.38. The number of aryl methyl sites for hydroxylation is 2. The lowest BCUT2D eigenvalue weighted by molar-refractivity contribution is 0.0758. The Kier molecular flexibility index (Phi) is 4.60. The van der Waals surface area contributed by atoms with Crippen LogP contribution in [0.3, 0.4) is 0 Å². The fourth-order valence-electron chi connectivity index (χ4n) is 3.46. The molecule has 2 aromatic rings. The highest BCUT2D eigenvalue weighted by Crippen LogP contribution is 2.35. The van der Waals surface area contributed by atoms with Crippen LogP contribution in [0.4, 0.5) is 0 Å². The van der Waals surface area contributed by atoms with E-state index in [1.807, 2.05) is 36.6 Å². The lowest BCUT2D eigenvalue weighted by atomic mass is 10.2. The van der Waals surface area contributed by atoms with Gasteiger partial charge in [0, 0.05) is 17.8 Å². The Morgan fingerprint density at radius 3 is 2.33 bits per heavy atom. The molecule has 0 amide bonds. The Hall–Kier alpha value is -2.12. The van der Waals surface area contributed by atoms with E-state index in [0.717, 1.165) is 30.5 Å². The van der Waals surface area contributed by atoms with Crippen molar-refractivity contribution in [3.05, 3.63) is 58.0 Å². The second-order valence-corrected chi connectivity index (χ2v) is 9.27. The SMILES string of the molecule is CCc1ccc(S(=O)(=O)N2CC(Oc3cc(C)n(C4CC4)c(=O)c3)C2)cc1. The largest absolute Gasteiger partial charge is 0.487 e. The number of rotatable bonds is 6. The van der Waals surface area contributed by atoms with Gasteiger partial charge in [-0.25, -0.2) is 8.42 Å². The number of nitrogens with zero attached hydrogens (tertiary/aromatic N) is 2. The Morgan fingerprint density at radius 1 is 1.11 bits per heavy atom. The van der Waals surface area contributed by atoms with Crippen molar-refractivity contribution in [1.82, 2.24) is 8.87 Å². The van der Waals surface area contributed by atoms with E-state index in [4.69, 9.17) is 4.74 Å². The molecule has 2 fully saturated rings. The van der Waals surface area contributed by atoms with E-state index in [1.165, 1.54) is 10.4 Å². The highest BCUT2D eigenvalue weighted by atomic mass is 32.2. The number of hydrogen-bond acceptors (Lipinski definition) is 4. The maximum atomic E-state index is 12.7. The maximum Gasteiger partial charge on any atom is 0.254 e. The third-order valence-electron chi connectivity index (χ3n) is 5.23. The number of hydrogen-bond donors (Lipinski definition) is 0. The van der Waals surface area contributed by atoms with Gasteiger partial charge in [0.15, 0.2) is 0 Å². The predicted molar refractivity (Wildman–Crippen MR) is 103 cm³/mol. The molecular formula is C20H24N2O4S. The van der Waals surface area contributed by atoms with E-state index in [1.54, 1.807) is 12.1 Å². The lowest BCUT2D eigenvalue weighted by Gasteiger charge is -2.37. The van der Waals surface area contributed by atoms with Gasteiger partial charge in [0.05, 0.1) is 18.0 Å². The van der Waals surface area contributed by atoms with Gasteiger partial charge in [0.25, 0.3) is 5.56 Å². The molecule has 7 heteroatoms. The van der Waals surface area contributed by atoms with Crippen molar-refractivity contribution in [1.29, 1.82) is 0 Å². The first-order valence-electron chi connectivity index (χ1n) is 9.37. The third kappa shape index (κ3) is 3.53. The van der Waals surface area contributed by atoms with E-state index in [-0.39, 0.29) is 11.7 Å². The molecule has 0 atom stereocenters. The standard InChI is InChI=1S/C20H24N2O4S/c1-3-15-4-8-19(9-5-15)27(24,25)21-12-18(13-21)26-17-10-14(2)22(16-6-7-16)20(23)11-17/h4-5,8-11,16,18H,3,6-7,12-13H2,1-2H3. The van der Waals surface area contributed by atoms with Crippen molar-refractivity contribution in [2.75, 3.05) is 13.1 Å². The summed E-state index contributed by atoms with van der Waals surface area (Å²) < 4.78 is 34.4. The summed E-state index contributed by atoms with van der Waals surface area (Å²) in [6.07, 6.45) is 2.75. The highest BCUT2D eigenvalue weighted by molar-refractivity contribution is 7.89. The lowest BCUT2D eigenvalue weighted by Crippen LogP contribution is -2.56. The van der Waals surface area contributed by atoms with Crippen molar-refractivity contribution < 1.29 is 13.2 Å². The Labute approximate surface area is 159 Å². The topological polar surface area (TPSA) is 68.6 Å². The minimum atomic E-state index is -3.49. The van der Waals surface area contributed by atoms with Crippen LogP contribution in [0.2, 0.25) is 0 Å². The van der Waals surface area contributed by atoms with Gasteiger partial charge in [-0.2, -0.15) is 4.31 Å². The molecule has 144 valence electrons. The van der Waals surface area contributed by atoms with Gasteiger partial charge >= 0.3 is 0 Å². The van der Waals surface area contributed by atoms with Crippen molar-refractivity contribution >= 4 is 10.0 Å². The fourth-order valence-corrected chi connectivity index (χ4v) is 4.96. The summed E-state index contributed by atoms with van der Waals surface area (Å²) in [6.45, 7) is 4.53. The van der Waals surface area contributed by atoms with Crippen LogP contribution in [0.15, 0.2) is 46.1 Å². The molecule has 2 aliphatic rings. The third-order valence-corrected chi connectivity index (χ3v) is 7.08. The number of sulfonamides is 1. The minimum absolute atomic E-state index is 0.0488. The maximum absolute atomic E-state index is 12.7. The van der Waals surface area contributed by atoms with E-state index >= 15 is 0 Å². The summed E-state index contributed by atoms with van der Waals surface area (Å²) >= 11 is 0. The van der Waals surface area contributed by atoms with Crippen molar-refractivity contribution in [2.45, 2.75) is 50.2 Å². The summed E-state index contributed by atoms with van der Waals surface area (Å²) in [5.41, 5.74) is 1.95. The molecule has 0 unspecified atom stereocenters. The normalized spacial score (nSPS) is 18.3. The van der Waals surface area contributed by atoms with Crippen molar-refractivity contribution in [3.8, 4) is 5.75 Å². The van der Waals surface area contributed by atoms with Crippen LogP contribution in [0.25, 0.3) is 0 Å². The van der Waals surface area contributed by atoms with Crippen LogP contribution in [-0.2, 0) is 16.4 Å². The Bertz CT molecular complexity index is 1000. The van der Waals surface area contributed by atoms with Crippen molar-refractivity contribution in [3.63, 3.8) is 0 Å². The quantitative estimate of drug-likeness (QED) is 0.763. The van der Waals surface area contributed by atoms with Crippen molar-refractivity contribution in [2.24, 2.45) is 0 Å². The van der Waals surface area contributed by atoms with Crippen LogP contribution in [0.1, 0.15) is 37.1 Å². The zero-order valence-electron chi connectivity index (χ0n) is 15.6. The van der Waals surface area contributed by atoms with E-state index in [0.29, 0.717) is 29.8 Å². The van der Waals surface area contributed by atoms with E-state index in [9.17, 15) is 13.2 Å². The molecule has 0 bridgehead atoms. The van der Waals surface area contributed by atoms with Gasteiger partial charge in [0.2, 0.25) is 10.0 Å². The molecule has 6 nitrogen and oxygen atoms in total. The molecule has 4 rings (SSSR count). The second kappa shape index (κ2) is 6.80. The smallest absolute Gasteiger partial charge is 0.254 e. The first-order valence-corrected chi connectivity index (χ1v) is 10.8. The summed E-state index contributed by atoms with van der Waals surface area (Å²) in [6, 6.07) is 10.7. The van der Waals surface area contributed by atoms with Crippen LogP contribution in [0, 0.1) is 6.92 Å². The Morgan fingerprint density at radius 2 is 1.78 bits per heavy atom. The van der Waals surface area contributed by atoms with Crippen LogP contribution >= 0.6 is 0 Å². The second-order valence-electron chi connectivity index (χ2n) is 7.33. The first kappa shape index (κ1) is 18.3. The molecule has 1 aromatic carbocycles. The molecule has 0 N–H and O–H groups in total. The summed E-state index contributed by atoms with van der Waals surface area (Å²) in [5.74, 6) is 0.517. The molecule has 1 aliphatic carbocycles. The molecule has 27 heavy (non-hydrogen) atoms. The first-order chi connectivity index (χ1) is 12.9. The summed E-state index contributed by atoms with van der Waals surface area (Å²) in [5, 5.41) is 0. The van der Waals surface area contributed by atoms with Gasteiger partial charge in [-0.3, -0.25) is 4.79 Å². The van der Waals surface area contributed by atoms with E-state index in [2.05, 4.69) is 0 Å².